The monoisotopic (exact) mass is 222 g/mol. The van der Waals surface area contributed by atoms with Gasteiger partial charge in [0.2, 0.25) is 0 Å². The van der Waals surface area contributed by atoms with E-state index in [4.69, 9.17) is 0 Å². The topological polar surface area (TPSA) is 20.2 Å². The van der Waals surface area contributed by atoms with E-state index in [1.807, 2.05) is 0 Å². The summed E-state index contributed by atoms with van der Waals surface area (Å²) in [4.78, 5) is 0. The highest BCUT2D eigenvalue weighted by Crippen LogP contribution is 2.48. The Bertz CT molecular complexity index is 290. The lowest BCUT2D eigenvalue weighted by Crippen LogP contribution is -2.43. The Balaban J connectivity index is 2.19. The highest BCUT2D eigenvalue weighted by molar-refractivity contribution is 5.21. The fourth-order valence-corrected chi connectivity index (χ4v) is 4.03. The summed E-state index contributed by atoms with van der Waals surface area (Å²) in [5.74, 6) is 0.650. The Kier molecular flexibility index (Phi) is 3.18. The number of rotatable bonds is 1. The molecule has 1 saturated carbocycles. The van der Waals surface area contributed by atoms with E-state index in [2.05, 4.69) is 26.8 Å². The van der Waals surface area contributed by atoms with E-state index in [1.165, 1.54) is 31.3 Å². The van der Waals surface area contributed by atoms with Crippen LogP contribution in [0.1, 0.15) is 65.7 Å². The molecule has 0 aromatic heterocycles. The minimum Gasteiger partial charge on any atom is -0.385 e. The van der Waals surface area contributed by atoms with Crippen LogP contribution in [0.4, 0.5) is 0 Å². The van der Waals surface area contributed by atoms with Crippen LogP contribution in [0.5, 0.6) is 0 Å². The van der Waals surface area contributed by atoms with Crippen LogP contribution in [-0.2, 0) is 0 Å². The van der Waals surface area contributed by atoms with Crippen LogP contribution in [0.3, 0.4) is 0 Å². The van der Waals surface area contributed by atoms with E-state index in [1.54, 1.807) is 0 Å². The molecular formula is C15H26O. The second-order valence-corrected chi connectivity index (χ2v) is 6.86. The normalized spacial score (nSPS) is 39.2. The Hall–Kier alpha value is -0.300. The smallest absolute Gasteiger partial charge is 0.0864 e. The quantitative estimate of drug-likeness (QED) is 0.663. The molecule has 0 spiro atoms. The predicted molar refractivity (Wildman–Crippen MR) is 68.3 cm³/mol. The molecule has 2 rings (SSSR count). The van der Waals surface area contributed by atoms with E-state index in [0.717, 1.165) is 19.3 Å². The highest BCUT2D eigenvalue weighted by Gasteiger charge is 2.43. The largest absolute Gasteiger partial charge is 0.385 e. The van der Waals surface area contributed by atoms with Crippen molar-refractivity contribution in [3.8, 4) is 0 Å². The number of hydrogen-bond acceptors (Lipinski definition) is 1. The van der Waals surface area contributed by atoms with Gasteiger partial charge in [0.05, 0.1) is 5.60 Å². The lowest BCUT2D eigenvalue weighted by Gasteiger charge is -2.46. The van der Waals surface area contributed by atoms with Crippen molar-refractivity contribution in [2.45, 2.75) is 71.3 Å². The molecule has 1 N–H and O–H groups in total. The summed E-state index contributed by atoms with van der Waals surface area (Å²) >= 11 is 0. The van der Waals surface area contributed by atoms with Crippen LogP contribution >= 0.6 is 0 Å². The zero-order valence-electron chi connectivity index (χ0n) is 11.1. The van der Waals surface area contributed by atoms with Crippen molar-refractivity contribution in [2.75, 3.05) is 0 Å². The van der Waals surface area contributed by atoms with Crippen LogP contribution in [0.25, 0.3) is 0 Å². The van der Waals surface area contributed by atoms with Crippen molar-refractivity contribution in [2.24, 2.45) is 11.3 Å². The molecule has 2 aliphatic carbocycles. The predicted octanol–water partition coefficient (Wildman–Crippen LogP) is 4.06. The summed E-state index contributed by atoms with van der Waals surface area (Å²) in [6.07, 6.45) is 10.4. The third kappa shape index (κ3) is 2.51. The first-order valence-electron chi connectivity index (χ1n) is 6.83. The molecule has 1 fully saturated rings. The van der Waals surface area contributed by atoms with E-state index in [-0.39, 0.29) is 0 Å². The van der Waals surface area contributed by atoms with Crippen molar-refractivity contribution in [1.29, 1.82) is 0 Å². The molecule has 0 bridgehead atoms. The maximum Gasteiger partial charge on any atom is 0.0864 e. The van der Waals surface area contributed by atoms with E-state index in [9.17, 15) is 5.11 Å². The third-order valence-electron chi connectivity index (χ3n) is 4.25. The Labute approximate surface area is 99.9 Å². The fourth-order valence-electron chi connectivity index (χ4n) is 4.03. The molecule has 0 aromatic rings. The maximum absolute atomic E-state index is 10.9. The molecule has 0 aliphatic heterocycles. The summed E-state index contributed by atoms with van der Waals surface area (Å²) < 4.78 is 0. The number of aliphatic hydroxyl groups is 1. The van der Waals surface area contributed by atoms with Crippen molar-refractivity contribution in [3.05, 3.63) is 11.6 Å². The first kappa shape index (κ1) is 12.2. The van der Waals surface area contributed by atoms with Gasteiger partial charge in [0.15, 0.2) is 0 Å². The fraction of sp³-hybridized carbons (Fsp3) is 0.867. The lowest BCUT2D eigenvalue weighted by atomic mass is 9.62. The van der Waals surface area contributed by atoms with E-state index < -0.39 is 5.60 Å². The van der Waals surface area contributed by atoms with E-state index in [0.29, 0.717) is 11.3 Å². The van der Waals surface area contributed by atoms with E-state index >= 15 is 0 Å². The van der Waals surface area contributed by atoms with Gasteiger partial charge in [0.1, 0.15) is 0 Å². The summed E-state index contributed by atoms with van der Waals surface area (Å²) in [6.45, 7) is 6.89. The molecule has 0 aromatic carbocycles. The van der Waals surface area contributed by atoms with Crippen molar-refractivity contribution in [3.63, 3.8) is 0 Å². The summed E-state index contributed by atoms with van der Waals surface area (Å²) in [6, 6.07) is 0. The molecule has 1 heteroatoms. The Morgan fingerprint density at radius 1 is 1.25 bits per heavy atom. The minimum absolute atomic E-state index is 0.296. The third-order valence-corrected chi connectivity index (χ3v) is 4.25. The summed E-state index contributed by atoms with van der Waals surface area (Å²) in [5.41, 5.74) is 1.16. The average Bonchev–Trinajstić information content (AvgIpc) is 2.15. The van der Waals surface area contributed by atoms with Crippen LogP contribution in [0.15, 0.2) is 11.6 Å². The average molecular weight is 222 g/mol. The lowest BCUT2D eigenvalue weighted by molar-refractivity contribution is -0.0329. The first-order chi connectivity index (χ1) is 7.41. The Morgan fingerprint density at radius 3 is 2.56 bits per heavy atom. The molecule has 2 atom stereocenters. The van der Waals surface area contributed by atoms with Gasteiger partial charge in [0, 0.05) is 0 Å². The van der Waals surface area contributed by atoms with Gasteiger partial charge in [-0.15, -0.1) is 0 Å². The first-order valence-corrected chi connectivity index (χ1v) is 6.83. The molecule has 0 radical (unpaired) electrons. The molecule has 2 aliphatic rings. The van der Waals surface area contributed by atoms with Gasteiger partial charge < -0.3 is 5.11 Å². The van der Waals surface area contributed by atoms with Crippen molar-refractivity contribution >= 4 is 0 Å². The second kappa shape index (κ2) is 4.18. The van der Waals surface area contributed by atoms with Crippen molar-refractivity contribution < 1.29 is 5.11 Å². The molecule has 0 heterocycles. The van der Waals surface area contributed by atoms with Crippen LogP contribution in [0.2, 0.25) is 0 Å². The van der Waals surface area contributed by atoms with Gasteiger partial charge in [-0.2, -0.15) is 0 Å². The number of hydrogen-bond donors (Lipinski definition) is 1. The molecule has 0 amide bonds. The molecule has 2 unspecified atom stereocenters. The van der Waals surface area contributed by atoms with Crippen molar-refractivity contribution in [1.82, 2.24) is 0 Å². The highest BCUT2D eigenvalue weighted by atomic mass is 16.3. The zero-order valence-corrected chi connectivity index (χ0v) is 11.1. The SMILES string of the molecule is CC1CC(C)(C)CC(O)(C2=CCCCC2)C1. The second-order valence-electron chi connectivity index (χ2n) is 6.86. The van der Waals surface area contributed by atoms with Gasteiger partial charge >= 0.3 is 0 Å². The zero-order chi connectivity index (χ0) is 11.8. The van der Waals surface area contributed by atoms with Gasteiger partial charge in [-0.05, 0) is 61.9 Å². The van der Waals surface area contributed by atoms with Gasteiger partial charge in [0.25, 0.3) is 0 Å². The summed E-state index contributed by atoms with van der Waals surface area (Å²) in [7, 11) is 0. The molecule has 1 nitrogen and oxygen atoms in total. The molecular weight excluding hydrogens is 196 g/mol. The molecule has 16 heavy (non-hydrogen) atoms. The van der Waals surface area contributed by atoms with Gasteiger partial charge in [-0.1, -0.05) is 26.8 Å². The standard InChI is InChI=1S/C15H26O/c1-12-9-14(2,3)11-15(16,10-12)13-7-5-4-6-8-13/h7,12,16H,4-6,8-11H2,1-3H3. The van der Waals surface area contributed by atoms with Gasteiger partial charge in [-0.3, -0.25) is 0 Å². The number of allylic oxidation sites excluding steroid dienone is 1. The van der Waals surface area contributed by atoms with Crippen LogP contribution in [0, 0.1) is 11.3 Å². The maximum atomic E-state index is 10.9. The minimum atomic E-state index is -0.485. The van der Waals surface area contributed by atoms with Crippen LogP contribution < -0.4 is 0 Å². The molecule has 0 saturated heterocycles. The van der Waals surface area contributed by atoms with Gasteiger partial charge in [-0.25, -0.2) is 0 Å². The summed E-state index contributed by atoms with van der Waals surface area (Å²) in [5, 5.41) is 10.9. The van der Waals surface area contributed by atoms with Crippen LogP contribution in [-0.4, -0.2) is 10.7 Å². The molecule has 92 valence electrons. The Morgan fingerprint density at radius 2 is 2.00 bits per heavy atom.